The highest BCUT2D eigenvalue weighted by atomic mass is 35.5. The smallest absolute Gasteiger partial charge is 0.263 e. The summed E-state index contributed by atoms with van der Waals surface area (Å²) >= 11 is 6.01. The van der Waals surface area contributed by atoms with E-state index in [2.05, 4.69) is 10.3 Å². The number of aromatic nitrogens is 1. The number of hydrogen-bond acceptors (Lipinski definition) is 7. The number of rotatable bonds is 8. The van der Waals surface area contributed by atoms with Gasteiger partial charge in [-0.25, -0.2) is 9.37 Å². The molecule has 41 heavy (non-hydrogen) atoms. The van der Waals surface area contributed by atoms with Gasteiger partial charge in [0.15, 0.2) is 23.4 Å². The Kier molecular flexibility index (Phi) is 7.61. The van der Waals surface area contributed by atoms with Crippen LogP contribution in [0.5, 0.6) is 17.2 Å². The van der Waals surface area contributed by atoms with E-state index in [1.165, 1.54) is 37.4 Å². The molecule has 2 aromatic carbocycles. The van der Waals surface area contributed by atoms with Crippen LogP contribution in [0.2, 0.25) is 5.02 Å². The highest BCUT2D eigenvalue weighted by molar-refractivity contribution is 6.31. The molecule has 3 heterocycles. The maximum atomic E-state index is 13.8. The largest absolute Gasteiger partial charge is 0.493 e. The van der Waals surface area contributed by atoms with Gasteiger partial charge in [-0.05, 0) is 42.5 Å². The molecule has 1 atom stereocenters. The number of likely N-dealkylation sites (tertiary alicyclic amines) is 1. The summed E-state index contributed by atoms with van der Waals surface area (Å²) in [7, 11) is 3.15. The molecule has 0 spiro atoms. The van der Waals surface area contributed by atoms with Crippen molar-refractivity contribution in [3.8, 4) is 28.5 Å². The minimum absolute atomic E-state index is 0.0756. The predicted octanol–water partition coefficient (Wildman–Crippen LogP) is 4.44. The van der Waals surface area contributed by atoms with Gasteiger partial charge in [-0.1, -0.05) is 25.4 Å². The summed E-state index contributed by atoms with van der Waals surface area (Å²) < 4.78 is 31.0. The number of ketones is 1. The lowest BCUT2D eigenvalue weighted by Gasteiger charge is -2.17. The summed E-state index contributed by atoms with van der Waals surface area (Å²) in [6, 6.07) is 10.4. The molecule has 1 N–H and O–H groups in total. The topological polar surface area (TPSA) is 107 Å². The van der Waals surface area contributed by atoms with Crippen LogP contribution in [0.4, 0.5) is 4.39 Å². The van der Waals surface area contributed by atoms with Crippen molar-refractivity contribution in [3.05, 3.63) is 70.1 Å². The lowest BCUT2D eigenvalue weighted by molar-refractivity contribution is -0.132. The minimum Gasteiger partial charge on any atom is -0.493 e. The average molecular weight is 582 g/mol. The van der Waals surface area contributed by atoms with Crippen LogP contribution in [0.3, 0.4) is 0 Å². The number of methoxy groups -OCH3 is 1. The quantitative estimate of drug-likeness (QED) is 0.392. The fourth-order valence-corrected chi connectivity index (χ4v) is 4.99. The van der Waals surface area contributed by atoms with Crippen molar-refractivity contribution in [2.45, 2.75) is 31.8 Å². The van der Waals surface area contributed by atoms with E-state index in [4.69, 9.17) is 25.8 Å². The molecule has 1 saturated heterocycles. The zero-order valence-corrected chi connectivity index (χ0v) is 23.8. The van der Waals surface area contributed by atoms with Crippen molar-refractivity contribution in [1.29, 1.82) is 0 Å². The summed E-state index contributed by atoms with van der Waals surface area (Å²) in [6.07, 6.45) is -0.0593. The van der Waals surface area contributed by atoms with E-state index in [1.807, 2.05) is 13.8 Å². The van der Waals surface area contributed by atoms with Gasteiger partial charge < -0.3 is 24.4 Å². The highest BCUT2D eigenvalue weighted by Gasteiger charge is 2.36. The zero-order chi connectivity index (χ0) is 29.5. The Morgan fingerprint density at radius 3 is 2.66 bits per heavy atom. The monoisotopic (exact) mass is 581 g/mol. The molecule has 0 bridgehead atoms. The maximum Gasteiger partial charge on any atom is 0.263 e. The predicted molar refractivity (Wildman–Crippen MR) is 149 cm³/mol. The minimum atomic E-state index is -0.614. The number of amides is 2. The normalized spacial score (nSPS) is 17.2. The third kappa shape index (κ3) is 5.56. The molecule has 5 rings (SSSR count). The van der Waals surface area contributed by atoms with Crippen molar-refractivity contribution in [1.82, 2.24) is 15.2 Å². The number of nitrogens with zero attached hydrogens (tertiary/aromatic N) is 2. The number of likely N-dealkylation sites (N-methyl/N-ethyl adjacent to an activating group) is 1. The van der Waals surface area contributed by atoms with Crippen LogP contribution >= 0.6 is 11.6 Å². The van der Waals surface area contributed by atoms with E-state index in [0.717, 1.165) is 5.56 Å². The Labute approximate surface area is 241 Å². The number of halogens is 2. The van der Waals surface area contributed by atoms with Crippen LogP contribution in [0, 0.1) is 5.82 Å². The summed E-state index contributed by atoms with van der Waals surface area (Å²) in [6.45, 7) is 4.63. The Morgan fingerprint density at radius 1 is 1.20 bits per heavy atom. The third-order valence-corrected chi connectivity index (χ3v) is 7.53. The number of benzene rings is 2. The third-order valence-electron chi connectivity index (χ3n) is 7.24. The lowest BCUT2D eigenvalue weighted by Crippen LogP contribution is -2.30. The second-order valence-corrected chi connectivity index (χ2v) is 11.1. The standard InChI is InChI=1S/C30H29ClFN3O6/c1-30(2)15-40-27-18(30)13-21(34-26(27)16-5-7-20(32)19(31)11-16)22(36)14-33-28(37)17-6-8-23(25(12-17)39-4)41-24-9-10-35(3)29(24)38/h5-8,11-13,24H,9-10,14-15H2,1-4H3,(H,33,37). The molecular formula is C30H29ClFN3O6. The van der Waals surface area contributed by atoms with Gasteiger partial charge in [-0.2, -0.15) is 0 Å². The second kappa shape index (κ2) is 11.0. The summed E-state index contributed by atoms with van der Waals surface area (Å²) in [5.41, 5.74) is 1.64. The first kappa shape index (κ1) is 28.4. The molecule has 9 nitrogen and oxygen atoms in total. The first-order valence-electron chi connectivity index (χ1n) is 13.0. The Morgan fingerprint density at radius 2 is 1.98 bits per heavy atom. The molecule has 2 amide bonds. The molecule has 214 valence electrons. The SMILES string of the molecule is COc1cc(C(=O)NCC(=O)c2cc3c(c(-c4ccc(F)c(Cl)c4)n2)OCC3(C)C)ccc1OC1CCN(C)C1=O. The van der Waals surface area contributed by atoms with Crippen LogP contribution in [0.15, 0.2) is 42.5 Å². The maximum absolute atomic E-state index is 13.8. The molecule has 2 aliphatic rings. The molecular weight excluding hydrogens is 553 g/mol. The van der Waals surface area contributed by atoms with E-state index in [0.29, 0.717) is 42.3 Å². The number of fused-ring (bicyclic) bond motifs is 1. The van der Waals surface area contributed by atoms with E-state index < -0.39 is 29.0 Å². The van der Waals surface area contributed by atoms with Gasteiger partial charge in [0.05, 0.1) is 25.3 Å². The van der Waals surface area contributed by atoms with Crippen LogP contribution in [-0.4, -0.2) is 67.4 Å². The molecule has 3 aromatic rings. The molecule has 0 radical (unpaired) electrons. The molecule has 0 aliphatic carbocycles. The number of Topliss-reactive ketones (excluding diaryl/α,β-unsaturated/α-hetero) is 1. The van der Waals surface area contributed by atoms with Crippen molar-refractivity contribution < 1.29 is 33.0 Å². The van der Waals surface area contributed by atoms with Crippen LogP contribution in [0.25, 0.3) is 11.3 Å². The number of pyridine rings is 1. The van der Waals surface area contributed by atoms with Crippen LogP contribution in [-0.2, 0) is 10.2 Å². The Balaban J connectivity index is 1.34. The van der Waals surface area contributed by atoms with Gasteiger partial charge in [0.1, 0.15) is 23.0 Å². The lowest BCUT2D eigenvalue weighted by atomic mass is 9.86. The van der Waals surface area contributed by atoms with Crippen molar-refractivity contribution in [2.24, 2.45) is 0 Å². The Bertz CT molecular complexity index is 1560. The van der Waals surface area contributed by atoms with Gasteiger partial charge in [0.2, 0.25) is 0 Å². The van der Waals surface area contributed by atoms with E-state index in [9.17, 15) is 18.8 Å². The van der Waals surface area contributed by atoms with Gasteiger partial charge >= 0.3 is 0 Å². The number of ether oxygens (including phenoxy) is 3. The number of hydrogen-bond donors (Lipinski definition) is 1. The highest BCUT2D eigenvalue weighted by Crippen LogP contribution is 2.44. The summed E-state index contributed by atoms with van der Waals surface area (Å²) in [5, 5.41) is 2.56. The van der Waals surface area contributed by atoms with Crippen LogP contribution in [0.1, 0.15) is 46.7 Å². The number of nitrogens with one attached hydrogen (secondary N) is 1. The fourth-order valence-electron chi connectivity index (χ4n) is 4.81. The van der Waals surface area contributed by atoms with Crippen molar-refractivity contribution in [3.63, 3.8) is 0 Å². The summed E-state index contributed by atoms with van der Waals surface area (Å²) in [5.74, 6) is -0.471. The number of carbonyl (C=O) groups is 3. The molecule has 1 aromatic heterocycles. The van der Waals surface area contributed by atoms with Crippen LogP contribution < -0.4 is 19.5 Å². The fraction of sp³-hybridized carbons (Fsp3) is 0.333. The van der Waals surface area contributed by atoms with Gasteiger partial charge in [0.25, 0.3) is 11.8 Å². The molecule has 1 unspecified atom stereocenters. The van der Waals surface area contributed by atoms with E-state index in [1.54, 1.807) is 24.1 Å². The van der Waals surface area contributed by atoms with Gasteiger partial charge in [-0.15, -0.1) is 0 Å². The first-order valence-corrected chi connectivity index (χ1v) is 13.4. The second-order valence-electron chi connectivity index (χ2n) is 10.7. The summed E-state index contributed by atoms with van der Waals surface area (Å²) in [4.78, 5) is 44.5. The van der Waals surface area contributed by atoms with E-state index in [-0.39, 0.29) is 34.5 Å². The zero-order valence-electron chi connectivity index (χ0n) is 23.0. The van der Waals surface area contributed by atoms with Gasteiger partial charge in [0, 0.05) is 42.1 Å². The first-order chi connectivity index (χ1) is 19.5. The van der Waals surface area contributed by atoms with E-state index >= 15 is 0 Å². The Hall–Kier alpha value is -4.18. The van der Waals surface area contributed by atoms with Crippen molar-refractivity contribution >= 4 is 29.2 Å². The average Bonchev–Trinajstić information content (AvgIpc) is 3.45. The molecule has 2 aliphatic heterocycles. The van der Waals surface area contributed by atoms with Gasteiger partial charge in [-0.3, -0.25) is 14.4 Å². The van der Waals surface area contributed by atoms with Crippen molar-refractivity contribution in [2.75, 3.05) is 33.9 Å². The molecule has 11 heteroatoms. The molecule has 1 fully saturated rings. The molecule has 0 saturated carbocycles. The number of carbonyl (C=O) groups excluding carboxylic acids is 3.